The zero-order valence-corrected chi connectivity index (χ0v) is 19.1. The summed E-state index contributed by atoms with van der Waals surface area (Å²) >= 11 is 5.90. The second-order valence-electron chi connectivity index (χ2n) is 8.20. The number of sulfonamides is 1. The van der Waals surface area contributed by atoms with Gasteiger partial charge in [-0.1, -0.05) is 23.7 Å². The molecule has 4 rings (SSSR count). The van der Waals surface area contributed by atoms with Gasteiger partial charge in [0.2, 0.25) is 15.9 Å². The second-order valence-corrected chi connectivity index (χ2v) is 10.6. The van der Waals surface area contributed by atoms with Crippen molar-refractivity contribution in [3.8, 4) is 5.75 Å². The Morgan fingerprint density at radius 1 is 1.10 bits per heavy atom. The highest BCUT2D eigenvalue weighted by molar-refractivity contribution is 7.89. The van der Waals surface area contributed by atoms with Gasteiger partial charge in [0.15, 0.2) is 0 Å². The molecule has 2 aliphatic rings. The molecule has 0 aromatic heterocycles. The Morgan fingerprint density at radius 2 is 1.77 bits per heavy atom. The summed E-state index contributed by atoms with van der Waals surface area (Å²) in [6.45, 7) is 1.18. The molecule has 1 saturated carbocycles. The number of benzene rings is 2. The normalized spacial score (nSPS) is 19.7. The minimum Gasteiger partial charge on any atom is -0.497 e. The van der Waals surface area contributed by atoms with E-state index in [4.69, 9.17) is 16.3 Å². The average molecular weight is 463 g/mol. The van der Waals surface area contributed by atoms with Crippen LogP contribution in [0.15, 0.2) is 53.4 Å². The van der Waals surface area contributed by atoms with Gasteiger partial charge in [-0.15, -0.1) is 0 Å². The molecule has 2 aromatic carbocycles. The van der Waals surface area contributed by atoms with Crippen molar-refractivity contribution in [3.63, 3.8) is 0 Å². The summed E-state index contributed by atoms with van der Waals surface area (Å²) < 4.78 is 32.8. The number of ether oxygens (including phenoxy) is 1. The van der Waals surface area contributed by atoms with Crippen molar-refractivity contribution in [2.24, 2.45) is 5.92 Å². The van der Waals surface area contributed by atoms with Crippen LogP contribution in [0.5, 0.6) is 5.75 Å². The molecule has 0 bridgehead atoms. The molecule has 8 heteroatoms. The molecule has 2 fully saturated rings. The summed E-state index contributed by atoms with van der Waals surface area (Å²) in [7, 11) is -2.03. The molecular formula is C23H27ClN2O4S. The molecule has 6 nitrogen and oxygen atoms in total. The van der Waals surface area contributed by atoms with E-state index in [0.717, 1.165) is 24.2 Å². The standard InChI is InChI=1S/C23H27ClN2O4S/c1-30-21-10-4-17(5-11-21)15-26(20-8-9-20)23(27)18-3-2-14-25(16-18)31(28,29)22-12-6-19(24)7-13-22/h4-7,10-13,18,20H,2-3,8-9,14-16H2,1H3. The topological polar surface area (TPSA) is 66.9 Å². The third-order valence-corrected chi connectivity index (χ3v) is 8.10. The molecule has 1 aliphatic heterocycles. The van der Waals surface area contributed by atoms with E-state index in [0.29, 0.717) is 31.0 Å². The minimum atomic E-state index is -3.65. The van der Waals surface area contributed by atoms with Gasteiger partial charge in [-0.2, -0.15) is 4.31 Å². The summed E-state index contributed by atoms with van der Waals surface area (Å²) in [5.41, 5.74) is 1.04. The monoisotopic (exact) mass is 462 g/mol. The van der Waals surface area contributed by atoms with E-state index in [1.807, 2.05) is 29.2 Å². The largest absolute Gasteiger partial charge is 0.497 e. The highest BCUT2D eigenvalue weighted by Gasteiger charge is 2.39. The summed E-state index contributed by atoms with van der Waals surface area (Å²) in [6, 6.07) is 14.2. The zero-order valence-electron chi connectivity index (χ0n) is 17.5. The predicted octanol–water partition coefficient (Wildman–Crippen LogP) is 3.94. The highest BCUT2D eigenvalue weighted by atomic mass is 35.5. The Bertz CT molecular complexity index is 1020. The number of nitrogens with zero attached hydrogens (tertiary/aromatic N) is 2. The summed E-state index contributed by atoms with van der Waals surface area (Å²) in [5.74, 6) is 0.507. The number of piperidine rings is 1. The summed E-state index contributed by atoms with van der Waals surface area (Å²) in [4.78, 5) is 15.6. The molecule has 0 spiro atoms. The lowest BCUT2D eigenvalue weighted by atomic mass is 9.97. The second kappa shape index (κ2) is 9.18. The molecule has 1 aliphatic carbocycles. The minimum absolute atomic E-state index is 0.0503. The molecule has 31 heavy (non-hydrogen) atoms. The predicted molar refractivity (Wildman–Crippen MR) is 120 cm³/mol. The number of methoxy groups -OCH3 is 1. The lowest BCUT2D eigenvalue weighted by molar-refractivity contribution is -0.138. The first-order valence-electron chi connectivity index (χ1n) is 10.6. The maximum absolute atomic E-state index is 13.4. The number of hydrogen-bond acceptors (Lipinski definition) is 4. The Labute approximate surface area is 188 Å². The molecular weight excluding hydrogens is 436 g/mol. The van der Waals surface area contributed by atoms with E-state index in [1.54, 1.807) is 19.2 Å². The van der Waals surface area contributed by atoms with E-state index in [2.05, 4.69) is 0 Å². The van der Waals surface area contributed by atoms with Crippen LogP contribution in [0.2, 0.25) is 5.02 Å². The Kier molecular flexibility index (Phi) is 6.55. The lowest BCUT2D eigenvalue weighted by Gasteiger charge is -2.34. The van der Waals surface area contributed by atoms with E-state index in [9.17, 15) is 13.2 Å². The molecule has 1 atom stereocenters. The van der Waals surface area contributed by atoms with Crippen LogP contribution in [-0.2, 0) is 21.4 Å². The van der Waals surface area contributed by atoms with Crippen molar-refractivity contribution >= 4 is 27.5 Å². The smallest absolute Gasteiger partial charge is 0.243 e. The number of rotatable bonds is 7. The average Bonchev–Trinajstić information content (AvgIpc) is 3.63. The maximum Gasteiger partial charge on any atom is 0.243 e. The van der Waals surface area contributed by atoms with Gasteiger partial charge in [0.1, 0.15) is 5.75 Å². The quantitative estimate of drug-likeness (QED) is 0.625. The first kappa shape index (κ1) is 22.1. The molecule has 166 valence electrons. The molecule has 1 amide bonds. The molecule has 0 radical (unpaired) electrons. The first-order valence-corrected chi connectivity index (χ1v) is 12.4. The van der Waals surface area contributed by atoms with E-state index in [1.165, 1.54) is 16.4 Å². The number of hydrogen-bond donors (Lipinski definition) is 0. The number of halogens is 1. The molecule has 2 aromatic rings. The van der Waals surface area contributed by atoms with Crippen LogP contribution in [0.25, 0.3) is 0 Å². The van der Waals surface area contributed by atoms with Gasteiger partial charge in [-0.25, -0.2) is 8.42 Å². The number of carbonyl (C=O) groups is 1. The summed E-state index contributed by atoms with van der Waals surface area (Å²) in [5, 5.41) is 0.490. The van der Waals surface area contributed by atoms with Crippen LogP contribution in [0.4, 0.5) is 0 Å². The van der Waals surface area contributed by atoms with E-state index in [-0.39, 0.29) is 29.3 Å². The van der Waals surface area contributed by atoms with Gasteiger partial charge in [0.05, 0.1) is 17.9 Å². The SMILES string of the molecule is COc1ccc(CN(C(=O)C2CCCN(S(=O)(=O)c3ccc(Cl)cc3)C2)C2CC2)cc1. The van der Waals surface area contributed by atoms with Crippen LogP contribution >= 0.6 is 11.6 Å². The van der Waals surface area contributed by atoms with Crippen LogP contribution in [0.1, 0.15) is 31.2 Å². The van der Waals surface area contributed by atoms with Crippen molar-refractivity contribution in [2.45, 2.75) is 43.2 Å². The van der Waals surface area contributed by atoms with Crippen LogP contribution in [-0.4, -0.2) is 49.8 Å². The molecule has 1 heterocycles. The van der Waals surface area contributed by atoms with Crippen molar-refractivity contribution < 1.29 is 17.9 Å². The van der Waals surface area contributed by atoms with Gasteiger partial charge < -0.3 is 9.64 Å². The van der Waals surface area contributed by atoms with Crippen molar-refractivity contribution in [1.82, 2.24) is 9.21 Å². The Morgan fingerprint density at radius 3 is 2.39 bits per heavy atom. The third-order valence-electron chi connectivity index (χ3n) is 5.97. The molecule has 0 N–H and O–H groups in total. The molecule has 1 unspecified atom stereocenters. The fraction of sp³-hybridized carbons (Fsp3) is 0.435. The first-order chi connectivity index (χ1) is 14.9. The van der Waals surface area contributed by atoms with Crippen LogP contribution < -0.4 is 4.74 Å². The van der Waals surface area contributed by atoms with Gasteiger partial charge in [0, 0.05) is 30.7 Å². The van der Waals surface area contributed by atoms with Crippen molar-refractivity contribution in [3.05, 3.63) is 59.1 Å². The van der Waals surface area contributed by atoms with Crippen molar-refractivity contribution in [1.29, 1.82) is 0 Å². The highest BCUT2D eigenvalue weighted by Crippen LogP contribution is 2.33. The third kappa shape index (κ3) is 5.05. The van der Waals surface area contributed by atoms with Gasteiger partial charge in [-0.3, -0.25) is 4.79 Å². The van der Waals surface area contributed by atoms with Crippen LogP contribution in [0, 0.1) is 5.92 Å². The van der Waals surface area contributed by atoms with E-state index < -0.39 is 10.0 Å². The lowest BCUT2D eigenvalue weighted by Crippen LogP contribution is -2.47. The fourth-order valence-electron chi connectivity index (χ4n) is 4.05. The van der Waals surface area contributed by atoms with Gasteiger partial charge >= 0.3 is 0 Å². The zero-order chi connectivity index (χ0) is 22.0. The summed E-state index contributed by atoms with van der Waals surface area (Å²) in [6.07, 6.45) is 3.38. The van der Waals surface area contributed by atoms with Gasteiger partial charge in [-0.05, 0) is 67.6 Å². The van der Waals surface area contributed by atoms with Crippen molar-refractivity contribution in [2.75, 3.05) is 20.2 Å². The number of amides is 1. The fourth-order valence-corrected chi connectivity index (χ4v) is 5.70. The maximum atomic E-state index is 13.4. The Balaban J connectivity index is 1.48. The van der Waals surface area contributed by atoms with E-state index >= 15 is 0 Å². The number of carbonyl (C=O) groups excluding carboxylic acids is 1. The van der Waals surface area contributed by atoms with Gasteiger partial charge in [0.25, 0.3) is 0 Å². The molecule has 1 saturated heterocycles. The van der Waals surface area contributed by atoms with Crippen LogP contribution in [0.3, 0.4) is 0 Å². The Hall–Kier alpha value is -2.09.